The third kappa shape index (κ3) is 4.16. The molecule has 124 valence electrons. The number of halogens is 1. The molecule has 25 heavy (non-hydrogen) atoms. The lowest BCUT2D eigenvalue weighted by molar-refractivity contribution is 0.339. The molecule has 0 N–H and O–H groups in total. The van der Waals surface area contributed by atoms with Gasteiger partial charge in [0.15, 0.2) is 0 Å². The maximum Gasteiger partial charge on any atom is 0.134 e. The molecule has 0 aliphatic rings. The number of rotatable bonds is 5. The first kappa shape index (κ1) is 17.4. The summed E-state index contributed by atoms with van der Waals surface area (Å²) < 4.78 is 6.65. The van der Waals surface area contributed by atoms with Crippen LogP contribution in [-0.4, -0.2) is 11.6 Å². The average Bonchev–Trinajstić information content (AvgIpc) is 3.11. The van der Waals surface area contributed by atoms with Gasteiger partial charge < -0.3 is 4.74 Å². The van der Waals surface area contributed by atoms with E-state index in [9.17, 15) is 5.26 Å². The number of thiazole rings is 1. The van der Waals surface area contributed by atoms with Crippen LogP contribution in [0.1, 0.15) is 17.5 Å². The molecule has 0 atom stereocenters. The second kappa shape index (κ2) is 8.11. The van der Waals surface area contributed by atoms with Gasteiger partial charge in [-0.25, -0.2) is 4.98 Å². The molecule has 0 aliphatic heterocycles. The van der Waals surface area contributed by atoms with Crippen molar-refractivity contribution in [3.8, 4) is 23.1 Å². The Morgan fingerprint density at radius 2 is 2.00 bits per heavy atom. The zero-order chi connectivity index (χ0) is 17.6. The highest BCUT2D eigenvalue weighted by molar-refractivity contribution is 9.10. The number of benzene rings is 2. The summed E-state index contributed by atoms with van der Waals surface area (Å²) in [7, 11) is 0. The Bertz CT molecular complexity index is 939. The third-order valence-electron chi connectivity index (χ3n) is 3.51. The Morgan fingerprint density at radius 3 is 2.72 bits per heavy atom. The highest BCUT2D eigenvalue weighted by Crippen LogP contribution is 2.29. The highest BCUT2D eigenvalue weighted by Gasteiger charge is 2.10. The van der Waals surface area contributed by atoms with Gasteiger partial charge in [-0.3, -0.25) is 0 Å². The van der Waals surface area contributed by atoms with Crippen molar-refractivity contribution in [3.63, 3.8) is 0 Å². The van der Waals surface area contributed by atoms with Crippen LogP contribution in [0.15, 0.2) is 58.4 Å². The van der Waals surface area contributed by atoms with Gasteiger partial charge in [-0.1, -0.05) is 46.3 Å². The van der Waals surface area contributed by atoms with Crippen LogP contribution in [0.4, 0.5) is 0 Å². The van der Waals surface area contributed by atoms with Crippen LogP contribution in [0.3, 0.4) is 0 Å². The van der Waals surface area contributed by atoms with Gasteiger partial charge in [-0.2, -0.15) is 5.26 Å². The first-order valence-electron chi connectivity index (χ1n) is 7.76. The zero-order valence-electron chi connectivity index (χ0n) is 13.6. The van der Waals surface area contributed by atoms with Crippen molar-refractivity contribution < 1.29 is 4.74 Å². The molecule has 0 radical (unpaired) electrons. The molecule has 1 aromatic heterocycles. The molecule has 0 saturated carbocycles. The van der Waals surface area contributed by atoms with Crippen molar-refractivity contribution in [3.05, 3.63) is 69.0 Å². The van der Waals surface area contributed by atoms with Gasteiger partial charge in [0.2, 0.25) is 0 Å². The molecule has 0 fully saturated rings. The van der Waals surface area contributed by atoms with Crippen molar-refractivity contribution in [2.45, 2.75) is 6.92 Å². The lowest BCUT2D eigenvalue weighted by Gasteiger charge is -2.06. The van der Waals surface area contributed by atoms with E-state index in [0.29, 0.717) is 17.2 Å². The van der Waals surface area contributed by atoms with Crippen LogP contribution in [0.2, 0.25) is 0 Å². The van der Waals surface area contributed by atoms with Crippen molar-refractivity contribution >= 4 is 38.9 Å². The molecule has 3 nitrogen and oxygen atoms in total. The first-order valence-corrected chi connectivity index (χ1v) is 9.44. The van der Waals surface area contributed by atoms with Gasteiger partial charge in [0, 0.05) is 21.0 Å². The predicted octanol–water partition coefficient (Wildman–Crippen LogP) is 6.04. The number of allylic oxidation sites excluding steroid dienone is 1. The summed E-state index contributed by atoms with van der Waals surface area (Å²) in [5, 5.41) is 12.3. The Kier molecular flexibility index (Phi) is 5.64. The maximum atomic E-state index is 9.58. The maximum absolute atomic E-state index is 9.58. The molecular weight excluding hydrogens is 396 g/mol. The van der Waals surface area contributed by atoms with E-state index in [-0.39, 0.29) is 0 Å². The van der Waals surface area contributed by atoms with E-state index >= 15 is 0 Å². The molecule has 1 heterocycles. The van der Waals surface area contributed by atoms with Gasteiger partial charge in [-0.05, 0) is 31.2 Å². The molecule has 0 bridgehead atoms. The fourth-order valence-electron chi connectivity index (χ4n) is 2.33. The molecule has 0 spiro atoms. The van der Waals surface area contributed by atoms with Gasteiger partial charge in [0.05, 0.1) is 17.9 Å². The van der Waals surface area contributed by atoms with Crippen molar-refractivity contribution in [2.75, 3.05) is 6.61 Å². The lowest BCUT2D eigenvalue weighted by Crippen LogP contribution is -1.93. The Hall–Kier alpha value is -2.42. The summed E-state index contributed by atoms with van der Waals surface area (Å²) in [5.41, 5.74) is 3.30. The standard InChI is InChI=1S/C20H15BrN2OS/c1-2-24-19-6-4-3-5-15(19)11-16(12-22)20-23-18(13-25-20)14-7-9-17(21)10-8-14/h3-11,13H,2H2,1H3/b16-11+. The monoisotopic (exact) mass is 410 g/mol. The molecule has 0 unspecified atom stereocenters. The third-order valence-corrected chi connectivity index (χ3v) is 4.92. The number of ether oxygens (including phenoxy) is 1. The number of nitrogens with zero attached hydrogens (tertiary/aromatic N) is 2. The van der Waals surface area contributed by atoms with Gasteiger partial charge in [0.1, 0.15) is 16.8 Å². The number of aromatic nitrogens is 1. The fourth-order valence-corrected chi connectivity index (χ4v) is 3.39. The smallest absolute Gasteiger partial charge is 0.134 e. The second-order valence-electron chi connectivity index (χ2n) is 5.19. The summed E-state index contributed by atoms with van der Waals surface area (Å²) in [5.74, 6) is 0.766. The minimum absolute atomic E-state index is 0.528. The Morgan fingerprint density at radius 1 is 1.24 bits per heavy atom. The van der Waals surface area contributed by atoms with Crippen LogP contribution in [-0.2, 0) is 0 Å². The van der Waals surface area contributed by atoms with E-state index in [4.69, 9.17) is 4.74 Å². The van der Waals surface area contributed by atoms with Gasteiger partial charge in [-0.15, -0.1) is 11.3 Å². The molecule has 5 heteroatoms. The molecule has 0 amide bonds. The van der Waals surface area contributed by atoms with Gasteiger partial charge >= 0.3 is 0 Å². The molecule has 3 aromatic rings. The van der Waals surface area contributed by atoms with Crippen LogP contribution >= 0.6 is 27.3 Å². The van der Waals surface area contributed by atoms with Crippen molar-refractivity contribution in [1.82, 2.24) is 4.98 Å². The largest absolute Gasteiger partial charge is 0.493 e. The van der Waals surface area contributed by atoms with E-state index < -0.39 is 0 Å². The highest BCUT2D eigenvalue weighted by atomic mass is 79.9. The number of para-hydroxylation sites is 1. The Labute approximate surface area is 159 Å². The predicted molar refractivity (Wildman–Crippen MR) is 106 cm³/mol. The van der Waals surface area contributed by atoms with Crippen LogP contribution in [0, 0.1) is 11.3 Å². The van der Waals surface area contributed by atoms with E-state index in [1.54, 1.807) is 0 Å². The van der Waals surface area contributed by atoms with E-state index in [0.717, 1.165) is 27.0 Å². The topological polar surface area (TPSA) is 45.9 Å². The fraction of sp³-hybridized carbons (Fsp3) is 0.100. The zero-order valence-corrected chi connectivity index (χ0v) is 16.0. The summed E-state index contributed by atoms with van der Waals surface area (Å²) in [4.78, 5) is 4.62. The van der Waals surface area contributed by atoms with Gasteiger partial charge in [0.25, 0.3) is 0 Å². The number of nitriles is 1. The summed E-state index contributed by atoms with van der Waals surface area (Å²) in [6.45, 7) is 2.52. The average molecular weight is 411 g/mol. The van der Waals surface area contributed by atoms with Crippen LogP contribution in [0.5, 0.6) is 5.75 Å². The summed E-state index contributed by atoms with van der Waals surface area (Å²) in [6.07, 6.45) is 1.83. The molecular formula is C20H15BrN2OS. The molecule has 3 rings (SSSR count). The molecule has 0 saturated heterocycles. The quantitative estimate of drug-likeness (QED) is 0.481. The first-order chi connectivity index (χ1) is 12.2. The van der Waals surface area contributed by atoms with E-state index in [1.165, 1.54) is 11.3 Å². The minimum atomic E-state index is 0.528. The van der Waals surface area contributed by atoms with E-state index in [1.807, 2.05) is 66.9 Å². The summed E-state index contributed by atoms with van der Waals surface area (Å²) in [6, 6.07) is 17.9. The van der Waals surface area contributed by atoms with Crippen molar-refractivity contribution in [1.29, 1.82) is 5.26 Å². The van der Waals surface area contributed by atoms with Crippen molar-refractivity contribution in [2.24, 2.45) is 0 Å². The number of hydrogen-bond acceptors (Lipinski definition) is 4. The minimum Gasteiger partial charge on any atom is -0.493 e. The van der Waals surface area contributed by atoms with Crippen LogP contribution < -0.4 is 4.74 Å². The molecule has 0 aliphatic carbocycles. The van der Waals surface area contributed by atoms with E-state index in [2.05, 4.69) is 27.0 Å². The Balaban J connectivity index is 1.95. The number of hydrogen-bond donors (Lipinski definition) is 0. The lowest BCUT2D eigenvalue weighted by atomic mass is 10.1. The second-order valence-corrected chi connectivity index (χ2v) is 6.96. The molecule has 2 aromatic carbocycles. The van der Waals surface area contributed by atoms with Crippen LogP contribution in [0.25, 0.3) is 22.9 Å². The SMILES string of the molecule is CCOc1ccccc1/C=C(\C#N)c1nc(-c2ccc(Br)cc2)cs1. The summed E-state index contributed by atoms with van der Waals surface area (Å²) >= 11 is 4.90. The normalized spacial score (nSPS) is 11.2.